The van der Waals surface area contributed by atoms with Crippen LogP contribution in [-0.2, 0) is 6.42 Å². The summed E-state index contributed by atoms with van der Waals surface area (Å²) < 4.78 is 4.97. The van der Waals surface area contributed by atoms with Gasteiger partial charge in [-0.25, -0.2) is 4.98 Å². The number of anilines is 2. The number of amides is 1. The zero-order valence-corrected chi connectivity index (χ0v) is 13.0. The van der Waals surface area contributed by atoms with Gasteiger partial charge in [0.2, 0.25) is 5.89 Å². The zero-order chi connectivity index (χ0) is 15.4. The zero-order valence-electron chi connectivity index (χ0n) is 12.2. The summed E-state index contributed by atoms with van der Waals surface area (Å²) in [7, 11) is 1.90. The highest BCUT2D eigenvalue weighted by atomic mass is 32.1. The second-order valence-electron chi connectivity index (χ2n) is 4.47. The van der Waals surface area contributed by atoms with Crippen molar-refractivity contribution in [1.82, 2.24) is 20.4 Å². The van der Waals surface area contributed by atoms with E-state index in [2.05, 4.69) is 20.4 Å². The molecule has 8 nitrogen and oxygen atoms in total. The van der Waals surface area contributed by atoms with Gasteiger partial charge in [-0.2, -0.15) is 4.98 Å². The number of nitrogens with zero attached hydrogens (tertiary/aromatic N) is 4. The molecular weight excluding hydrogens is 292 g/mol. The highest BCUT2D eigenvalue weighted by molar-refractivity contribution is 7.18. The molecule has 0 atom stereocenters. The number of thiazole rings is 1. The Labute approximate surface area is 126 Å². The number of carbonyl (C=O) groups excluding carboxylic acids is 1. The van der Waals surface area contributed by atoms with Gasteiger partial charge in [-0.15, -0.1) is 0 Å². The Bertz CT molecular complexity index is 623. The van der Waals surface area contributed by atoms with E-state index in [0.717, 1.165) is 11.7 Å². The molecule has 2 rings (SSSR count). The smallest absolute Gasteiger partial charge is 0.265 e. The molecule has 0 aromatic carbocycles. The van der Waals surface area contributed by atoms with Crippen LogP contribution < -0.4 is 16.0 Å². The van der Waals surface area contributed by atoms with Gasteiger partial charge in [0, 0.05) is 26.6 Å². The molecule has 1 amide bonds. The Morgan fingerprint density at radius 2 is 2.24 bits per heavy atom. The molecule has 0 unspecified atom stereocenters. The summed E-state index contributed by atoms with van der Waals surface area (Å²) in [5, 5.41) is 7.19. The maximum absolute atomic E-state index is 12.1. The van der Waals surface area contributed by atoms with Gasteiger partial charge in [0.15, 0.2) is 11.0 Å². The molecule has 9 heteroatoms. The molecule has 0 bridgehead atoms. The van der Waals surface area contributed by atoms with E-state index in [9.17, 15) is 4.79 Å². The van der Waals surface area contributed by atoms with Crippen LogP contribution in [0.5, 0.6) is 0 Å². The summed E-state index contributed by atoms with van der Waals surface area (Å²) in [6, 6.07) is 0. The van der Waals surface area contributed by atoms with Crippen molar-refractivity contribution in [1.29, 1.82) is 0 Å². The van der Waals surface area contributed by atoms with Crippen molar-refractivity contribution < 1.29 is 9.32 Å². The first kappa shape index (κ1) is 15.2. The van der Waals surface area contributed by atoms with Gasteiger partial charge in [0.05, 0.1) is 0 Å². The standard InChI is InChI=1S/C12H18N6O2S/c1-4-18(3)12-16-10(13)9(21-12)11(19)14-6-5-8-15-7(2)17-20-8/h4-6,13H2,1-3H3,(H,14,19). The summed E-state index contributed by atoms with van der Waals surface area (Å²) in [5.41, 5.74) is 5.79. The number of aromatic nitrogens is 3. The summed E-state index contributed by atoms with van der Waals surface area (Å²) in [6.45, 7) is 4.94. The van der Waals surface area contributed by atoms with E-state index < -0.39 is 0 Å². The monoisotopic (exact) mass is 310 g/mol. The van der Waals surface area contributed by atoms with E-state index in [4.69, 9.17) is 10.3 Å². The number of hydrogen-bond acceptors (Lipinski definition) is 8. The fraction of sp³-hybridized carbons (Fsp3) is 0.500. The molecule has 0 aliphatic heterocycles. The van der Waals surface area contributed by atoms with E-state index in [1.807, 2.05) is 18.9 Å². The lowest BCUT2D eigenvalue weighted by atomic mass is 10.4. The minimum Gasteiger partial charge on any atom is -0.382 e. The summed E-state index contributed by atoms with van der Waals surface area (Å²) in [6.07, 6.45) is 0.479. The van der Waals surface area contributed by atoms with Crippen LogP contribution >= 0.6 is 11.3 Å². The lowest BCUT2D eigenvalue weighted by molar-refractivity contribution is 0.0958. The molecule has 0 fully saturated rings. The van der Waals surface area contributed by atoms with Gasteiger partial charge >= 0.3 is 0 Å². The molecule has 0 saturated carbocycles. The van der Waals surface area contributed by atoms with Crippen molar-refractivity contribution in [3.8, 4) is 0 Å². The molecular formula is C12H18N6O2S. The van der Waals surface area contributed by atoms with E-state index in [1.165, 1.54) is 11.3 Å². The molecule has 21 heavy (non-hydrogen) atoms. The third kappa shape index (κ3) is 3.69. The van der Waals surface area contributed by atoms with Crippen LogP contribution in [0.2, 0.25) is 0 Å². The number of nitrogens with two attached hydrogens (primary N) is 1. The van der Waals surface area contributed by atoms with Crippen LogP contribution in [0.3, 0.4) is 0 Å². The summed E-state index contributed by atoms with van der Waals surface area (Å²) in [5.74, 6) is 1.09. The lowest BCUT2D eigenvalue weighted by Gasteiger charge is -2.10. The SMILES string of the molecule is CCN(C)c1nc(N)c(C(=O)NCCc2nc(C)no2)s1. The summed E-state index contributed by atoms with van der Waals surface area (Å²) in [4.78, 5) is 22.7. The highest BCUT2D eigenvalue weighted by Crippen LogP contribution is 2.27. The first-order valence-corrected chi connectivity index (χ1v) is 7.37. The number of nitrogen functional groups attached to an aromatic ring is 1. The van der Waals surface area contributed by atoms with Crippen molar-refractivity contribution in [3.63, 3.8) is 0 Å². The van der Waals surface area contributed by atoms with Crippen molar-refractivity contribution in [2.75, 3.05) is 30.8 Å². The molecule has 2 heterocycles. The first-order valence-electron chi connectivity index (χ1n) is 6.56. The van der Waals surface area contributed by atoms with Crippen LogP contribution in [0.1, 0.15) is 28.3 Å². The van der Waals surface area contributed by atoms with E-state index in [-0.39, 0.29) is 11.7 Å². The van der Waals surface area contributed by atoms with Gasteiger partial charge in [-0.05, 0) is 13.8 Å². The quantitative estimate of drug-likeness (QED) is 0.813. The Hall–Kier alpha value is -2.16. The lowest BCUT2D eigenvalue weighted by Crippen LogP contribution is -2.25. The van der Waals surface area contributed by atoms with Crippen LogP contribution in [0, 0.1) is 6.92 Å². The van der Waals surface area contributed by atoms with Gasteiger partial charge < -0.3 is 20.5 Å². The molecule has 0 spiro atoms. The number of rotatable bonds is 6. The van der Waals surface area contributed by atoms with Crippen LogP contribution in [-0.4, -0.2) is 41.2 Å². The predicted octanol–water partition coefficient (Wildman–Crippen LogP) is 0.845. The van der Waals surface area contributed by atoms with Gasteiger partial charge in [0.25, 0.3) is 5.91 Å². The third-order valence-corrected chi connectivity index (χ3v) is 4.03. The van der Waals surface area contributed by atoms with E-state index in [1.54, 1.807) is 6.92 Å². The van der Waals surface area contributed by atoms with Crippen LogP contribution in [0.15, 0.2) is 4.52 Å². The van der Waals surface area contributed by atoms with Crippen molar-refractivity contribution in [2.45, 2.75) is 20.3 Å². The molecule has 0 aliphatic rings. The number of aryl methyl sites for hydroxylation is 1. The van der Waals surface area contributed by atoms with Crippen molar-refractivity contribution in [3.05, 3.63) is 16.6 Å². The van der Waals surface area contributed by atoms with Gasteiger partial charge in [-0.3, -0.25) is 4.79 Å². The molecule has 114 valence electrons. The fourth-order valence-corrected chi connectivity index (χ4v) is 2.51. The Morgan fingerprint density at radius 1 is 1.48 bits per heavy atom. The minimum atomic E-state index is -0.239. The molecule has 2 aromatic heterocycles. The third-order valence-electron chi connectivity index (χ3n) is 2.84. The Kier molecular flexibility index (Phi) is 4.73. The number of nitrogens with one attached hydrogen (secondary N) is 1. The molecule has 2 aromatic rings. The molecule has 0 aliphatic carbocycles. The van der Waals surface area contributed by atoms with Crippen molar-refractivity contribution in [2.24, 2.45) is 0 Å². The van der Waals surface area contributed by atoms with Crippen LogP contribution in [0.4, 0.5) is 10.9 Å². The minimum absolute atomic E-state index is 0.239. The predicted molar refractivity (Wildman–Crippen MR) is 80.5 cm³/mol. The normalized spacial score (nSPS) is 10.6. The van der Waals surface area contributed by atoms with Crippen molar-refractivity contribution >= 4 is 28.2 Å². The second-order valence-corrected chi connectivity index (χ2v) is 5.44. The first-order chi connectivity index (χ1) is 10.0. The maximum Gasteiger partial charge on any atom is 0.265 e. The molecule has 0 radical (unpaired) electrons. The maximum atomic E-state index is 12.1. The van der Waals surface area contributed by atoms with Crippen LogP contribution in [0.25, 0.3) is 0 Å². The number of hydrogen-bond donors (Lipinski definition) is 2. The van der Waals surface area contributed by atoms with Gasteiger partial charge in [-0.1, -0.05) is 16.5 Å². The van der Waals surface area contributed by atoms with E-state index >= 15 is 0 Å². The van der Waals surface area contributed by atoms with Gasteiger partial charge in [0.1, 0.15) is 10.7 Å². The molecule has 3 N–H and O–H groups in total. The highest BCUT2D eigenvalue weighted by Gasteiger charge is 2.17. The fourth-order valence-electron chi connectivity index (χ4n) is 1.59. The summed E-state index contributed by atoms with van der Waals surface area (Å²) >= 11 is 1.28. The second kappa shape index (κ2) is 6.53. The van der Waals surface area contributed by atoms with E-state index in [0.29, 0.717) is 29.6 Å². The average molecular weight is 310 g/mol. The number of carbonyl (C=O) groups is 1. The topological polar surface area (TPSA) is 110 Å². The average Bonchev–Trinajstić information content (AvgIpc) is 3.04. The Morgan fingerprint density at radius 3 is 2.86 bits per heavy atom. The largest absolute Gasteiger partial charge is 0.382 e. The molecule has 0 saturated heterocycles. The Balaban J connectivity index is 1.92.